The Morgan fingerprint density at radius 3 is 2.09 bits per heavy atom. The molecule has 3 heteroatoms. The summed E-state index contributed by atoms with van der Waals surface area (Å²) in [4.78, 5) is 4.32. The highest BCUT2D eigenvalue weighted by atomic mass is 19.1. The molecule has 0 saturated carbocycles. The highest BCUT2D eigenvalue weighted by Crippen LogP contribution is 2.29. The van der Waals surface area contributed by atoms with Crippen molar-refractivity contribution in [2.45, 2.75) is 52.6 Å². The normalized spacial score (nSPS) is 12.3. The van der Waals surface area contributed by atoms with Crippen molar-refractivity contribution < 1.29 is 9.13 Å². The Labute approximate surface area is 132 Å². The van der Waals surface area contributed by atoms with Crippen molar-refractivity contribution in [2.24, 2.45) is 0 Å². The number of pyridine rings is 1. The van der Waals surface area contributed by atoms with Crippen LogP contribution >= 0.6 is 0 Å². The van der Waals surface area contributed by atoms with Gasteiger partial charge in [0.2, 0.25) is 0 Å². The van der Waals surface area contributed by atoms with E-state index in [1.807, 2.05) is 32.9 Å². The first-order chi connectivity index (χ1) is 10.1. The van der Waals surface area contributed by atoms with E-state index in [4.69, 9.17) is 4.74 Å². The van der Waals surface area contributed by atoms with Gasteiger partial charge in [0.15, 0.2) is 0 Å². The molecule has 0 bridgehead atoms. The maximum absolute atomic E-state index is 14.4. The molecular weight excluding hydrogens is 277 g/mol. The van der Waals surface area contributed by atoms with E-state index in [0.29, 0.717) is 17.0 Å². The second-order valence-electron chi connectivity index (χ2n) is 7.54. The first-order valence-corrected chi connectivity index (χ1v) is 7.52. The molecule has 0 amide bonds. The number of aromatic nitrogens is 1. The number of rotatable bonds is 2. The zero-order valence-electron chi connectivity index (χ0n) is 14.2. The largest absolute Gasteiger partial charge is 0.487 e. The Kier molecular flexibility index (Phi) is 4.28. The second-order valence-corrected chi connectivity index (χ2v) is 7.54. The quantitative estimate of drug-likeness (QED) is 0.744. The van der Waals surface area contributed by atoms with Gasteiger partial charge in [0.05, 0.1) is 11.9 Å². The van der Waals surface area contributed by atoms with Gasteiger partial charge in [-0.25, -0.2) is 4.39 Å². The van der Waals surface area contributed by atoms with Crippen molar-refractivity contribution in [3.05, 3.63) is 47.9 Å². The lowest BCUT2D eigenvalue weighted by atomic mass is 9.86. The molecule has 0 fully saturated rings. The molecule has 2 rings (SSSR count). The van der Waals surface area contributed by atoms with Crippen molar-refractivity contribution in [3.8, 4) is 17.0 Å². The Balaban J connectivity index is 2.29. The van der Waals surface area contributed by atoms with Crippen LogP contribution in [0.5, 0.6) is 5.75 Å². The van der Waals surface area contributed by atoms with E-state index in [1.54, 1.807) is 24.4 Å². The van der Waals surface area contributed by atoms with E-state index in [0.717, 1.165) is 5.56 Å². The van der Waals surface area contributed by atoms with Crippen molar-refractivity contribution in [3.63, 3.8) is 0 Å². The molecule has 2 aromatic rings. The van der Waals surface area contributed by atoms with Crippen LogP contribution in [0.1, 0.15) is 47.1 Å². The van der Waals surface area contributed by atoms with Crippen LogP contribution in [0.3, 0.4) is 0 Å². The fourth-order valence-electron chi connectivity index (χ4n) is 2.14. The standard InChI is InChI=1S/C19H24FNO/c1-18(2,3)13-7-9-15(16(20)11-13)17-10-8-14(12-21-17)22-19(4,5)6/h7-12H,1-6H3. The summed E-state index contributed by atoms with van der Waals surface area (Å²) in [5, 5.41) is 0. The third-order valence-corrected chi connectivity index (χ3v) is 3.27. The second kappa shape index (κ2) is 5.71. The molecule has 0 radical (unpaired) electrons. The number of ether oxygens (including phenoxy) is 1. The third kappa shape index (κ3) is 4.06. The summed E-state index contributed by atoms with van der Waals surface area (Å²) < 4.78 is 20.1. The smallest absolute Gasteiger partial charge is 0.138 e. The maximum Gasteiger partial charge on any atom is 0.138 e. The Morgan fingerprint density at radius 2 is 1.64 bits per heavy atom. The van der Waals surface area contributed by atoms with Gasteiger partial charge in [-0.2, -0.15) is 0 Å². The van der Waals surface area contributed by atoms with E-state index >= 15 is 0 Å². The minimum atomic E-state index is -0.275. The predicted molar refractivity (Wildman–Crippen MR) is 88.7 cm³/mol. The lowest BCUT2D eigenvalue weighted by molar-refractivity contribution is 0.130. The average Bonchev–Trinajstić information content (AvgIpc) is 2.37. The zero-order chi connectivity index (χ0) is 16.5. The number of nitrogens with zero attached hydrogens (tertiary/aromatic N) is 1. The van der Waals surface area contributed by atoms with Gasteiger partial charge in [0.25, 0.3) is 0 Å². The molecule has 1 aromatic carbocycles. The van der Waals surface area contributed by atoms with Crippen molar-refractivity contribution in [2.75, 3.05) is 0 Å². The fraction of sp³-hybridized carbons (Fsp3) is 0.421. The minimum absolute atomic E-state index is 0.0722. The molecule has 0 unspecified atom stereocenters. The van der Waals surface area contributed by atoms with Crippen LogP contribution in [0.4, 0.5) is 4.39 Å². The van der Waals surface area contributed by atoms with Crippen LogP contribution in [0.2, 0.25) is 0 Å². The molecule has 1 heterocycles. The highest BCUT2D eigenvalue weighted by molar-refractivity contribution is 5.61. The van der Waals surface area contributed by atoms with E-state index in [2.05, 4.69) is 25.8 Å². The first-order valence-electron chi connectivity index (χ1n) is 7.52. The van der Waals surface area contributed by atoms with Crippen LogP contribution in [0.25, 0.3) is 11.3 Å². The molecule has 0 N–H and O–H groups in total. The monoisotopic (exact) mass is 301 g/mol. The summed E-state index contributed by atoms with van der Waals surface area (Å²) in [6.45, 7) is 12.1. The third-order valence-electron chi connectivity index (χ3n) is 3.27. The lowest BCUT2D eigenvalue weighted by Gasteiger charge is -2.21. The van der Waals surface area contributed by atoms with Crippen LogP contribution in [0.15, 0.2) is 36.5 Å². The molecule has 0 aliphatic rings. The number of hydrogen-bond donors (Lipinski definition) is 0. The minimum Gasteiger partial charge on any atom is -0.487 e. The van der Waals surface area contributed by atoms with E-state index < -0.39 is 0 Å². The highest BCUT2D eigenvalue weighted by Gasteiger charge is 2.17. The van der Waals surface area contributed by atoms with Gasteiger partial charge >= 0.3 is 0 Å². The molecule has 0 aliphatic heterocycles. The average molecular weight is 301 g/mol. The molecule has 0 aliphatic carbocycles. The molecule has 1 aromatic heterocycles. The summed E-state index contributed by atoms with van der Waals surface area (Å²) in [7, 11) is 0. The summed E-state index contributed by atoms with van der Waals surface area (Å²) in [5.74, 6) is 0.437. The van der Waals surface area contributed by atoms with E-state index in [-0.39, 0.29) is 16.8 Å². The van der Waals surface area contributed by atoms with E-state index in [1.165, 1.54) is 0 Å². The van der Waals surface area contributed by atoms with E-state index in [9.17, 15) is 4.39 Å². The Hall–Kier alpha value is -1.90. The topological polar surface area (TPSA) is 22.1 Å². The molecule has 0 atom stereocenters. The SMILES string of the molecule is CC(C)(C)Oc1ccc(-c2ccc(C(C)(C)C)cc2F)nc1. The van der Waals surface area contributed by atoms with Gasteiger partial charge in [-0.3, -0.25) is 4.98 Å². The van der Waals surface area contributed by atoms with Gasteiger partial charge in [-0.15, -0.1) is 0 Å². The van der Waals surface area contributed by atoms with Gasteiger partial charge in [0, 0.05) is 5.56 Å². The van der Waals surface area contributed by atoms with Gasteiger partial charge < -0.3 is 4.74 Å². The van der Waals surface area contributed by atoms with Gasteiger partial charge in [-0.05, 0) is 56.0 Å². The molecule has 118 valence electrons. The van der Waals surface area contributed by atoms with Crippen LogP contribution < -0.4 is 4.74 Å². The lowest BCUT2D eigenvalue weighted by Crippen LogP contribution is -2.22. The maximum atomic E-state index is 14.4. The number of benzene rings is 1. The zero-order valence-corrected chi connectivity index (χ0v) is 14.2. The Morgan fingerprint density at radius 1 is 0.955 bits per heavy atom. The summed E-state index contributed by atoms with van der Waals surface area (Å²) in [6, 6.07) is 8.96. The molecule has 0 saturated heterocycles. The van der Waals surface area contributed by atoms with Crippen molar-refractivity contribution in [1.82, 2.24) is 4.98 Å². The molecule has 2 nitrogen and oxygen atoms in total. The van der Waals surface area contributed by atoms with Crippen molar-refractivity contribution in [1.29, 1.82) is 0 Å². The molecule has 22 heavy (non-hydrogen) atoms. The van der Waals surface area contributed by atoms with Crippen LogP contribution in [0, 0.1) is 5.82 Å². The van der Waals surface area contributed by atoms with Crippen molar-refractivity contribution >= 4 is 0 Å². The number of halogens is 1. The number of hydrogen-bond acceptors (Lipinski definition) is 2. The Bertz CT molecular complexity index is 649. The van der Waals surface area contributed by atoms with Gasteiger partial charge in [-0.1, -0.05) is 26.8 Å². The molecule has 0 spiro atoms. The summed E-state index contributed by atoms with van der Waals surface area (Å²) in [6.07, 6.45) is 1.64. The fourth-order valence-corrected chi connectivity index (χ4v) is 2.14. The van der Waals surface area contributed by atoms with Crippen LogP contribution in [-0.2, 0) is 5.41 Å². The summed E-state index contributed by atoms with van der Waals surface area (Å²) >= 11 is 0. The van der Waals surface area contributed by atoms with Crippen LogP contribution in [-0.4, -0.2) is 10.6 Å². The first kappa shape index (κ1) is 16.5. The van der Waals surface area contributed by atoms with Gasteiger partial charge in [0.1, 0.15) is 17.2 Å². The summed E-state index contributed by atoms with van der Waals surface area (Å²) in [5.41, 5.74) is 1.75. The predicted octanol–water partition coefficient (Wildman–Crippen LogP) is 5.36. The molecular formula is C19H24FNO.